The van der Waals surface area contributed by atoms with Crippen molar-refractivity contribution in [1.82, 2.24) is 10.2 Å². The van der Waals surface area contributed by atoms with Gasteiger partial charge >= 0.3 is 0 Å². The maximum Gasteiger partial charge on any atom is 0.240 e. The van der Waals surface area contributed by atoms with Crippen molar-refractivity contribution in [3.63, 3.8) is 0 Å². The molecular formula is C13H24N2O4S. The highest BCUT2D eigenvalue weighted by Gasteiger charge is 2.37. The molecule has 1 amide bonds. The zero-order valence-electron chi connectivity index (χ0n) is 11.9. The highest BCUT2D eigenvalue weighted by molar-refractivity contribution is 7.91. The van der Waals surface area contributed by atoms with Crippen molar-refractivity contribution in [1.29, 1.82) is 0 Å². The van der Waals surface area contributed by atoms with Crippen LogP contribution in [0.25, 0.3) is 0 Å². The fourth-order valence-electron chi connectivity index (χ4n) is 3.10. The first-order valence-corrected chi connectivity index (χ1v) is 9.10. The summed E-state index contributed by atoms with van der Waals surface area (Å²) < 4.78 is 23.2. The van der Waals surface area contributed by atoms with E-state index >= 15 is 0 Å². The molecule has 3 atom stereocenters. The van der Waals surface area contributed by atoms with Crippen LogP contribution in [0.4, 0.5) is 0 Å². The molecule has 2 saturated heterocycles. The van der Waals surface area contributed by atoms with Crippen LogP contribution in [0.3, 0.4) is 0 Å². The molecule has 3 unspecified atom stereocenters. The first kappa shape index (κ1) is 15.7. The number of hydrogen-bond acceptors (Lipinski definition) is 5. The monoisotopic (exact) mass is 304 g/mol. The molecule has 116 valence electrons. The first-order valence-electron chi connectivity index (χ1n) is 7.28. The van der Waals surface area contributed by atoms with Gasteiger partial charge in [0.25, 0.3) is 0 Å². The van der Waals surface area contributed by atoms with Crippen LogP contribution in [0.15, 0.2) is 0 Å². The molecule has 0 aromatic carbocycles. The second-order valence-electron chi connectivity index (χ2n) is 5.95. The molecule has 2 aliphatic rings. The van der Waals surface area contributed by atoms with E-state index in [9.17, 15) is 13.2 Å². The normalized spacial score (nSPS) is 33.0. The average molecular weight is 304 g/mol. The molecule has 0 bridgehead atoms. The van der Waals surface area contributed by atoms with Crippen LogP contribution in [0.1, 0.15) is 26.2 Å². The molecule has 0 radical (unpaired) electrons. The molecule has 20 heavy (non-hydrogen) atoms. The highest BCUT2D eigenvalue weighted by Crippen LogP contribution is 2.22. The van der Waals surface area contributed by atoms with E-state index in [1.54, 1.807) is 4.90 Å². The standard InChI is InChI=1S/C13H24N2O4S/c1-10-2-4-14-12(8-10)13(17)15(5-6-16)11-3-7-20(18,19)9-11/h10-12,14,16H,2-9H2,1H3. The lowest BCUT2D eigenvalue weighted by Gasteiger charge is -2.34. The summed E-state index contributed by atoms with van der Waals surface area (Å²) >= 11 is 0. The van der Waals surface area contributed by atoms with Gasteiger partial charge in [-0.15, -0.1) is 0 Å². The number of carbonyl (C=O) groups is 1. The molecule has 0 aromatic rings. The van der Waals surface area contributed by atoms with E-state index in [4.69, 9.17) is 5.11 Å². The first-order chi connectivity index (χ1) is 9.43. The molecule has 0 aliphatic carbocycles. The molecule has 6 nitrogen and oxygen atoms in total. The van der Waals surface area contributed by atoms with Gasteiger partial charge in [0.05, 0.1) is 24.2 Å². The lowest BCUT2D eigenvalue weighted by Crippen LogP contribution is -2.54. The quantitative estimate of drug-likeness (QED) is 0.723. The zero-order chi connectivity index (χ0) is 14.8. The average Bonchev–Trinajstić information content (AvgIpc) is 2.75. The van der Waals surface area contributed by atoms with Crippen molar-refractivity contribution in [2.24, 2.45) is 5.92 Å². The van der Waals surface area contributed by atoms with Gasteiger partial charge in [0.15, 0.2) is 9.84 Å². The third-order valence-electron chi connectivity index (χ3n) is 4.24. The largest absolute Gasteiger partial charge is 0.395 e. The molecule has 0 spiro atoms. The number of amides is 1. The minimum Gasteiger partial charge on any atom is -0.395 e. The summed E-state index contributed by atoms with van der Waals surface area (Å²) in [6, 6.07) is -0.521. The van der Waals surface area contributed by atoms with Gasteiger partial charge in [-0.1, -0.05) is 6.92 Å². The van der Waals surface area contributed by atoms with Crippen LogP contribution < -0.4 is 5.32 Å². The van der Waals surface area contributed by atoms with Crippen LogP contribution in [0.2, 0.25) is 0 Å². The third-order valence-corrected chi connectivity index (χ3v) is 5.99. The van der Waals surface area contributed by atoms with E-state index in [0.29, 0.717) is 12.3 Å². The number of aliphatic hydroxyl groups excluding tert-OH is 1. The van der Waals surface area contributed by atoms with Crippen LogP contribution in [0.5, 0.6) is 0 Å². The highest BCUT2D eigenvalue weighted by atomic mass is 32.2. The number of aliphatic hydroxyl groups is 1. The van der Waals surface area contributed by atoms with Crippen molar-refractivity contribution < 1.29 is 18.3 Å². The Hall–Kier alpha value is -0.660. The number of rotatable bonds is 4. The Balaban J connectivity index is 2.06. The smallest absolute Gasteiger partial charge is 0.240 e. The van der Waals surface area contributed by atoms with Gasteiger partial charge in [-0.05, 0) is 31.7 Å². The summed E-state index contributed by atoms with van der Waals surface area (Å²) in [6.07, 6.45) is 2.32. The van der Waals surface area contributed by atoms with E-state index in [-0.39, 0.29) is 42.6 Å². The van der Waals surface area contributed by atoms with Crippen LogP contribution in [-0.4, -0.2) is 67.6 Å². The Labute approximate surface area is 120 Å². The third kappa shape index (κ3) is 3.71. The van der Waals surface area contributed by atoms with Crippen LogP contribution >= 0.6 is 0 Å². The predicted octanol–water partition coefficient (Wildman–Crippen LogP) is -0.617. The van der Waals surface area contributed by atoms with E-state index in [1.807, 2.05) is 0 Å². The van der Waals surface area contributed by atoms with Crippen molar-refractivity contribution >= 4 is 15.7 Å². The van der Waals surface area contributed by atoms with Gasteiger partial charge < -0.3 is 15.3 Å². The molecule has 2 rings (SSSR count). The van der Waals surface area contributed by atoms with Gasteiger partial charge in [0, 0.05) is 12.6 Å². The van der Waals surface area contributed by atoms with Crippen LogP contribution in [0, 0.1) is 5.92 Å². The summed E-state index contributed by atoms with van der Waals surface area (Å²) in [5, 5.41) is 12.4. The van der Waals surface area contributed by atoms with E-state index in [2.05, 4.69) is 12.2 Å². The Morgan fingerprint density at radius 3 is 2.70 bits per heavy atom. The second kappa shape index (κ2) is 6.41. The van der Waals surface area contributed by atoms with E-state index in [1.165, 1.54) is 0 Å². The molecule has 2 aliphatic heterocycles. The lowest BCUT2D eigenvalue weighted by atomic mass is 9.93. The SMILES string of the molecule is CC1CCNC(C(=O)N(CCO)C2CCS(=O)(=O)C2)C1. The number of nitrogens with zero attached hydrogens (tertiary/aromatic N) is 1. The maximum atomic E-state index is 12.6. The molecule has 2 heterocycles. The molecule has 2 N–H and O–H groups in total. The van der Waals surface area contributed by atoms with Gasteiger partial charge in [-0.2, -0.15) is 0 Å². The van der Waals surface area contributed by atoms with Gasteiger partial charge in [-0.3, -0.25) is 4.79 Å². The minimum atomic E-state index is -3.03. The molecule has 2 fully saturated rings. The van der Waals surface area contributed by atoms with Gasteiger partial charge in [0.1, 0.15) is 0 Å². The number of piperidine rings is 1. The Kier molecular flexibility index (Phi) is 5.04. The molecular weight excluding hydrogens is 280 g/mol. The second-order valence-corrected chi connectivity index (χ2v) is 8.18. The minimum absolute atomic E-state index is 0.0288. The number of hydrogen-bond donors (Lipinski definition) is 2. The van der Waals surface area contributed by atoms with Gasteiger partial charge in [0.2, 0.25) is 5.91 Å². The summed E-state index contributed by atoms with van der Waals surface area (Å²) in [7, 11) is -3.03. The van der Waals surface area contributed by atoms with Crippen LogP contribution in [-0.2, 0) is 14.6 Å². The van der Waals surface area contributed by atoms with Crippen molar-refractivity contribution in [2.75, 3.05) is 31.2 Å². The Bertz CT molecular complexity index is 451. The summed E-state index contributed by atoms with van der Waals surface area (Å²) in [5.74, 6) is 0.601. The number of carbonyl (C=O) groups excluding carboxylic acids is 1. The fourth-order valence-corrected chi connectivity index (χ4v) is 4.83. The maximum absolute atomic E-state index is 12.6. The van der Waals surface area contributed by atoms with Crippen molar-refractivity contribution in [3.8, 4) is 0 Å². The van der Waals surface area contributed by atoms with Gasteiger partial charge in [-0.25, -0.2) is 8.42 Å². The predicted molar refractivity (Wildman–Crippen MR) is 76.0 cm³/mol. The Morgan fingerprint density at radius 1 is 1.40 bits per heavy atom. The van der Waals surface area contributed by atoms with E-state index in [0.717, 1.165) is 19.4 Å². The number of sulfone groups is 1. The summed E-state index contributed by atoms with van der Waals surface area (Å²) in [6.45, 7) is 3.02. The zero-order valence-corrected chi connectivity index (χ0v) is 12.7. The summed E-state index contributed by atoms with van der Waals surface area (Å²) in [5.41, 5.74) is 0. The Morgan fingerprint density at radius 2 is 2.15 bits per heavy atom. The van der Waals surface area contributed by atoms with Crippen molar-refractivity contribution in [3.05, 3.63) is 0 Å². The summed E-state index contributed by atoms with van der Waals surface area (Å²) in [4.78, 5) is 14.2. The molecule has 0 aromatic heterocycles. The topological polar surface area (TPSA) is 86.7 Å². The molecule has 0 saturated carbocycles. The fraction of sp³-hybridized carbons (Fsp3) is 0.923. The number of nitrogens with one attached hydrogen (secondary N) is 1. The van der Waals surface area contributed by atoms with E-state index < -0.39 is 9.84 Å². The van der Waals surface area contributed by atoms with Crippen molar-refractivity contribution in [2.45, 2.75) is 38.3 Å². The molecule has 7 heteroatoms. The lowest BCUT2D eigenvalue weighted by molar-refractivity contribution is -0.136.